The number of likely N-dealkylation sites (tertiary alicyclic amines) is 1. The molecule has 1 atom stereocenters. The number of pyridine rings is 1. The maximum absolute atomic E-state index is 14.6. The third kappa shape index (κ3) is 7.61. The number of aryl methyl sites for hydroxylation is 1. The number of aromatic nitrogens is 4. The van der Waals surface area contributed by atoms with E-state index in [1.54, 1.807) is 7.05 Å². The molecule has 0 unspecified atom stereocenters. The van der Waals surface area contributed by atoms with Gasteiger partial charge in [0, 0.05) is 57.4 Å². The van der Waals surface area contributed by atoms with Crippen LogP contribution in [0, 0.1) is 11.3 Å². The van der Waals surface area contributed by atoms with Crippen LogP contribution in [0.3, 0.4) is 0 Å². The Morgan fingerprint density at radius 1 is 1.04 bits per heavy atom. The maximum Gasteiger partial charge on any atom is 0.416 e. The van der Waals surface area contributed by atoms with Gasteiger partial charge in [-0.3, -0.25) is 14.6 Å². The molecular formula is C36H36F6N8O2. The molecule has 0 saturated carbocycles. The number of rotatable bonds is 11. The Morgan fingerprint density at radius 2 is 1.83 bits per heavy atom. The van der Waals surface area contributed by atoms with E-state index < -0.39 is 41.5 Å². The summed E-state index contributed by atoms with van der Waals surface area (Å²) in [7, 11) is 1.63. The van der Waals surface area contributed by atoms with Crippen LogP contribution in [0.5, 0.6) is 0 Å². The predicted molar refractivity (Wildman–Crippen MR) is 180 cm³/mol. The molecule has 2 aromatic heterocycles. The smallest absolute Gasteiger partial charge is 0.374 e. The Morgan fingerprint density at radius 3 is 2.50 bits per heavy atom. The molecule has 6 rings (SSSR count). The first-order valence-corrected chi connectivity index (χ1v) is 16.7. The molecule has 10 nitrogen and oxygen atoms in total. The Kier molecular flexibility index (Phi) is 10.0. The number of fused-ring (bicyclic) bond motifs is 1. The average Bonchev–Trinajstić information content (AvgIpc) is 3.78. The summed E-state index contributed by atoms with van der Waals surface area (Å²) >= 11 is 0. The van der Waals surface area contributed by atoms with E-state index in [1.165, 1.54) is 35.2 Å². The summed E-state index contributed by atoms with van der Waals surface area (Å²) in [6.45, 7) is 5.47. The molecule has 1 N–H and O–H groups in total. The van der Waals surface area contributed by atoms with Crippen molar-refractivity contribution in [3.05, 3.63) is 76.6 Å². The second-order valence-corrected chi connectivity index (χ2v) is 13.2. The van der Waals surface area contributed by atoms with Crippen LogP contribution < -0.4 is 10.2 Å². The molecule has 274 valence electrons. The molecule has 0 aliphatic carbocycles. The number of benzene rings is 2. The van der Waals surface area contributed by atoms with Gasteiger partial charge < -0.3 is 14.6 Å². The van der Waals surface area contributed by atoms with Crippen molar-refractivity contribution in [2.24, 2.45) is 7.05 Å². The van der Waals surface area contributed by atoms with Crippen LogP contribution in [0.1, 0.15) is 65.7 Å². The molecule has 0 radical (unpaired) electrons. The Hall–Kier alpha value is -5.01. The zero-order valence-corrected chi connectivity index (χ0v) is 28.7. The number of nitrogens with zero attached hydrogens (tertiary/aromatic N) is 7. The summed E-state index contributed by atoms with van der Waals surface area (Å²) in [5.41, 5.74) is -1.73. The van der Waals surface area contributed by atoms with Crippen LogP contribution in [-0.4, -0.2) is 62.4 Å². The summed E-state index contributed by atoms with van der Waals surface area (Å²) in [4.78, 5) is 21.7. The standard InChI is InChI=1S/C36H36F6N8O2/c1-4-52-34(2)9-12-49(20-34)18-22-13-27-28(29(14-22)36(40,41)42)19-50(33(27)51)31-16-23(15-30(46-31)44-11-6-5-10-43)26-17-24(35(37,38)39)7-8-25(26)32-47-45-21-48(32)3/h7-8,13-17,21H,4-6,9,11-12,18-20H2,1-3H3,(H,44,46)/t34-/m1/s1. The highest BCUT2D eigenvalue weighted by Gasteiger charge is 2.42. The van der Waals surface area contributed by atoms with Crippen LogP contribution in [0.4, 0.5) is 38.0 Å². The number of ether oxygens (including phenoxy) is 1. The topological polar surface area (TPSA) is 112 Å². The van der Waals surface area contributed by atoms with Gasteiger partial charge in [-0.15, -0.1) is 10.2 Å². The van der Waals surface area contributed by atoms with Crippen molar-refractivity contribution in [1.29, 1.82) is 5.26 Å². The highest BCUT2D eigenvalue weighted by atomic mass is 19.4. The van der Waals surface area contributed by atoms with Gasteiger partial charge in [0.1, 0.15) is 18.0 Å². The van der Waals surface area contributed by atoms with Crippen LogP contribution in [0.15, 0.2) is 48.8 Å². The third-order valence-electron chi connectivity index (χ3n) is 9.29. The number of alkyl halides is 6. The molecule has 2 aliphatic heterocycles. The van der Waals surface area contributed by atoms with Gasteiger partial charge in [-0.05, 0) is 91.4 Å². The number of hydrogen-bond donors (Lipinski definition) is 1. The highest BCUT2D eigenvalue weighted by molar-refractivity contribution is 6.10. The quantitative estimate of drug-likeness (QED) is 0.125. The molecule has 4 aromatic rings. The van der Waals surface area contributed by atoms with Gasteiger partial charge >= 0.3 is 12.4 Å². The van der Waals surface area contributed by atoms with Crippen molar-refractivity contribution in [2.75, 3.05) is 36.5 Å². The Labute approximate surface area is 296 Å². The van der Waals surface area contributed by atoms with E-state index in [1.807, 2.05) is 24.8 Å². The zero-order chi connectivity index (χ0) is 37.4. The lowest BCUT2D eigenvalue weighted by Gasteiger charge is -2.25. The molecule has 2 aliphatic rings. The summed E-state index contributed by atoms with van der Waals surface area (Å²) in [6.07, 6.45) is -6.73. The molecule has 52 heavy (non-hydrogen) atoms. The Balaban J connectivity index is 1.43. The van der Waals surface area contributed by atoms with Crippen molar-refractivity contribution >= 4 is 17.5 Å². The van der Waals surface area contributed by atoms with E-state index in [-0.39, 0.29) is 59.2 Å². The SMILES string of the molecule is CCO[C@]1(C)CCN(Cc2cc3c(c(C(F)(F)F)c2)CN(c2cc(-c4cc(C(F)(F)F)ccc4-c4nncn4C)cc(NCCCC#N)n2)C3=O)C1. The van der Waals surface area contributed by atoms with Crippen LogP contribution in [-0.2, 0) is 37.2 Å². The highest BCUT2D eigenvalue weighted by Crippen LogP contribution is 2.42. The lowest BCUT2D eigenvalue weighted by Crippen LogP contribution is -2.33. The second-order valence-electron chi connectivity index (χ2n) is 13.2. The largest absolute Gasteiger partial charge is 0.416 e. The van der Waals surface area contributed by atoms with Gasteiger partial charge in [-0.2, -0.15) is 31.6 Å². The number of anilines is 2. The summed E-state index contributed by atoms with van der Waals surface area (Å²) < 4.78 is 93.2. The Bertz CT molecular complexity index is 2020. The van der Waals surface area contributed by atoms with Crippen molar-refractivity contribution in [3.8, 4) is 28.6 Å². The second kappa shape index (κ2) is 14.2. The molecule has 16 heteroatoms. The molecule has 4 heterocycles. The fraction of sp³-hybridized carbons (Fsp3) is 0.417. The van der Waals surface area contributed by atoms with Crippen LogP contribution in [0.2, 0.25) is 0 Å². The van der Waals surface area contributed by atoms with Gasteiger partial charge in [0.05, 0.1) is 29.3 Å². The van der Waals surface area contributed by atoms with E-state index in [0.717, 1.165) is 23.1 Å². The lowest BCUT2D eigenvalue weighted by molar-refractivity contribution is -0.138. The normalized spacial score (nSPS) is 17.8. The van der Waals surface area contributed by atoms with Crippen LogP contribution >= 0.6 is 0 Å². The molecule has 1 saturated heterocycles. The maximum atomic E-state index is 14.6. The molecular weight excluding hydrogens is 690 g/mol. The third-order valence-corrected chi connectivity index (χ3v) is 9.29. The number of amides is 1. The summed E-state index contributed by atoms with van der Waals surface area (Å²) in [6, 6.07) is 10.6. The van der Waals surface area contributed by atoms with Crippen molar-refractivity contribution in [2.45, 2.75) is 64.2 Å². The van der Waals surface area contributed by atoms with E-state index >= 15 is 0 Å². The van der Waals surface area contributed by atoms with E-state index in [9.17, 15) is 31.1 Å². The molecule has 0 bridgehead atoms. The number of carbonyl (C=O) groups is 1. The molecule has 1 fully saturated rings. The number of hydrogen-bond acceptors (Lipinski definition) is 8. The summed E-state index contributed by atoms with van der Waals surface area (Å²) in [5.74, 6) is -0.374. The minimum atomic E-state index is -4.77. The molecule has 1 amide bonds. The van der Waals surface area contributed by atoms with Gasteiger partial charge in [0.15, 0.2) is 5.82 Å². The number of unbranched alkanes of at least 4 members (excludes halogenated alkanes) is 1. The zero-order valence-electron chi connectivity index (χ0n) is 28.7. The fourth-order valence-electron chi connectivity index (χ4n) is 6.85. The average molecular weight is 727 g/mol. The van der Waals surface area contributed by atoms with Crippen molar-refractivity contribution < 1.29 is 35.9 Å². The fourth-order valence-corrected chi connectivity index (χ4v) is 6.85. The minimum Gasteiger partial charge on any atom is -0.374 e. The number of halogens is 6. The first kappa shape index (κ1) is 36.8. The van der Waals surface area contributed by atoms with Gasteiger partial charge in [-0.25, -0.2) is 4.98 Å². The first-order chi connectivity index (χ1) is 24.6. The molecule has 2 aromatic carbocycles. The number of carbonyl (C=O) groups excluding carboxylic acids is 1. The van der Waals surface area contributed by atoms with Gasteiger partial charge in [-0.1, -0.05) is 0 Å². The minimum absolute atomic E-state index is 0.0653. The number of nitrogens with one attached hydrogen (secondary N) is 1. The first-order valence-electron chi connectivity index (χ1n) is 16.7. The predicted octanol–water partition coefficient (Wildman–Crippen LogP) is 7.46. The van der Waals surface area contributed by atoms with E-state index in [2.05, 4.69) is 20.5 Å². The van der Waals surface area contributed by atoms with Gasteiger partial charge in [0.2, 0.25) is 0 Å². The van der Waals surface area contributed by atoms with E-state index in [4.69, 9.17) is 10.00 Å². The van der Waals surface area contributed by atoms with E-state index in [0.29, 0.717) is 43.7 Å². The number of nitriles is 1. The van der Waals surface area contributed by atoms with Crippen LogP contribution in [0.25, 0.3) is 22.5 Å². The van der Waals surface area contributed by atoms with Gasteiger partial charge in [0.25, 0.3) is 5.91 Å². The van der Waals surface area contributed by atoms with Crippen molar-refractivity contribution in [1.82, 2.24) is 24.6 Å². The van der Waals surface area contributed by atoms with Crippen molar-refractivity contribution in [3.63, 3.8) is 0 Å². The monoisotopic (exact) mass is 726 g/mol. The summed E-state index contributed by atoms with van der Waals surface area (Å²) in [5, 5.41) is 20.0. The lowest BCUT2D eigenvalue weighted by atomic mass is 9.96. The molecule has 0 spiro atoms.